The Morgan fingerprint density at radius 1 is 1.28 bits per heavy atom. The van der Waals surface area contributed by atoms with Crippen molar-refractivity contribution in [2.24, 2.45) is 0 Å². The van der Waals surface area contributed by atoms with Gasteiger partial charge < -0.3 is 19.4 Å². The lowest BCUT2D eigenvalue weighted by Gasteiger charge is -2.16. The van der Waals surface area contributed by atoms with E-state index >= 15 is 0 Å². The second kappa shape index (κ2) is 5.84. The van der Waals surface area contributed by atoms with Crippen molar-refractivity contribution < 1.29 is 9.47 Å². The van der Waals surface area contributed by atoms with Gasteiger partial charge in [-0.15, -0.1) is 0 Å². The molecule has 5 heteroatoms. The molecule has 0 amide bonds. The maximum atomic E-state index is 5.26. The maximum absolute atomic E-state index is 5.26. The zero-order valence-electron chi connectivity index (χ0n) is 11.0. The average molecular weight is 249 g/mol. The number of hydrogen-bond donors (Lipinski definition) is 1. The first-order valence-corrected chi connectivity index (χ1v) is 6.04. The molecule has 0 fully saturated rings. The molecule has 1 aromatic carbocycles. The number of hydrogen-bond acceptors (Lipinski definition) is 4. The molecule has 5 nitrogen and oxygen atoms in total. The summed E-state index contributed by atoms with van der Waals surface area (Å²) in [6, 6.07) is 8.04. The zero-order chi connectivity index (χ0) is 13.0. The van der Waals surface area contributed by atoms with Gasteiger partial charge in [0.15, 0.2) is 6.29 Å². The molecule has 0 aliphatic carbocycles. The summed E-state index contributed by atoms with van der Waals surface area (Å²) in [6.45, 7) is 3.48. The highest BCUT2D eigenvalue weighted by Crippen LogP contribution is 2.20. The SMILES string of the molecule is CCNc1nc2ccccc2n1CC(OC)OC. The molecule has 1 heterocycles. The molecule has 0 aliphatic heterocycles. The van der Waals surface area contributed by atoms with E-state index in [9.17, 15) is 0 Å². The number of imidazole rings is 1. The van der Waals surface area contributed by atoms with Gasteiger partial charge in [-0.1, -0.05) is 12.1 Å². The number of anilines is 1. The molecule has 2 rings (SSSR count). The molecule has 0 unspecified atom stereocenters. The minimum absolute atomic E-state index is 0.278. The summed E-state index contributed by atoms with van der Waals surface area (Å²) < 4.78 is 12.6. The molecule has 98 valence electrons. The van der Waals surface area contributed by atoms with Gasteiger partial charge in [-0.25, -0.2) is 4.98 Å². The minimum Gasteiger partial charge on any atom is -0.356 e. The van der Waals surface area contributed by atoms with Crippen LogP contribution in [0.2, 0.25) is 0 Å². The Hall–Kier alpha value is -1.59. The third kappa shape index (κ3) is 2.47. The van der Waals surface area contributed by atoms with Gasteiger partial charge >= 0.3 is 0 Å². The first-order chi connectivity index (χ1) is 8.80. The van der Waals surface area contributed by atoms with Crippen LogP contribution in [0.5, 0.6) is 0 Å². The van der Waals surface area contributed by atoms with Gasteiger partial charge in [0.1, 0.15) is 0 Å². The van der Waals surface area contributed by atoms with Crippen molar-refractivity contribution >= 4 is 17.0 Å². The lowest BCUT2D eigenvalue weighted by Crippen LogP contribution is -2.21. The quantitative estimate of drug-likeness (QED) is 0.796. The average Bonchev–Trinajstić information content (AvgIpc) is 2.74. The van der Waals surface area contributed by atoms with E-state index in [0.29, 0.717) is 6.54 Å². The van der Waals surface area contributed by atoms with Crippen molar-refractivity contribution in [2.45, 2.75) is 19.8 Å². The molecular formula is C13H19N3O2. The summed E-state index contributed by atoms with van der Waals surface area (Å²) in [6.07, 6.45) is -0.278. The molecule has 1 aromatic heterocycles. The Labute approximate surface area is 107 Å². The fraction of sp³-hybridized carbons (Fsp3) is 0.462. The Bertz CT molecular complexity index is 506. The van der Waals surface area contributed by atoms with Crippen LogP contribution in [0.3, 0.4) is 0 Å². The summed E-state index contributed by atoms with van der Waals surface area (Å²) in [5, 5.41) is 3.26. The summed E-state index contributed by atoms with van der Waals surface area (Å²) in [5.41, 5.74) is 2.05. The van der Waals surface area contributed by atoms with E-state index in [1.807, 2.05) is 31.2 Å². The van der Waals surface area contributed by atoms with Crippen LogP contribution < -0.4 is 5.32 Å². The second-order valence-corrected chi connectivity index (χ2v) is 3.97. The Kier molecular flexibility index (Phi) is 4.17. The number of fused-ring (bicyclic) bond motifs is 1. The Balaban J connectivity index is 2.41. The lowest BCUT2D eigenvalue weighted by atomic mass is 10.3. The van der Waals surface area contributed by atoms with E-state index in [1.165, 1.54) is 0 Å². The number of benzene rings is 1. The minimum atomic E-state index is -0.278. The fourth-order valence-corrected chi connectivity index (χ4v) is 1.95. The van der Waals surface area contributed by atoms with Crippen LogP contribution in [0.1, 0.15) is 6.92 Å². The Morgan fingerprint density at radius 3 is 2.67 bits per heavy atom. The van der Waals surface area contributed by atoms with Crippen molar-refractivity contribution in [3.8, 4) is 0 Å². The van der Waals surface area contributed by atoms with Gasteiger partial charge in [0.25, 0.3) is 0 Å². The molecule has 0 spiro atoms. The highest BCUT2D eigenvalue weighted by atomic mass is 16.7. The van der Waals surface area contributed by atoms with E-state index in [0.717, 1.165) is 23.5 Å². The predicted octanol–water partition coefficient (Wildman–Crippen LogP) is 2.09. The lowest BCUT2D eigenvalue weighted by molar-refractivity contribution is -0.110. The van der Waals surface area contributed by atoms with Crippen molar-refractivity contribution in [3.05, 3.63) is 24.3 Å². The molecule has 0 atom stereocenters. The summed E-state index contributed by atoms with van der Waals surface area (Å²) in [4.78, 5) is 4.56. The van der Waals surface area contributed by atoms with E-state index in [2.05, 4.69) is 14.9 Å². The number of aromatic nitrogens is 2. The van der Waals surface area contributed by atoms with E-state index in [-0.39, 0.29) is 6.29 Å². The smallest absolute Gasteiger partial charge is 0.204 e. The molecule has 0 saturated heterocycles. The van der Waals surface area contributed by atoms with Crippen LogP contribution in [-0.2, 0) is 16.0 Å². The second-order valence-electron chi connectivity index (χ2n) is 3.97. The molecule has 2 aromatic rings. The number of rotatable bonds is 6. The van der Waals surface area contributed by atoms with E-state index < -0.39 is 0 Å². The number of nitrogens with one attached hydrogen (secondary N) is 1. The number of nitrogens with zero attached hydrogens (tertiary/aromatic N) is 2. The Morgan fingerprint density at radius 2 is 2.00 bits per heavy atom. The first kappa shape index (κ1) is 12.9. The summed E-state index contributed by atoms with van der Waals surface area (Å²) in [7, 11) is 3.28. The maximum Gasteiger partial charge on any atom is 0.204 e. The zero-order valence-corrected chi connectivity index (χ0v) is 11.0. The van der Waals surface area contributed by atoms with E-state index in [1.54, 1.807) is 14.2 Å². The molecule has 0 radical (unpaired) electrons. The molecular weight excluding hydrogens is 230 g/mol. The van der Waals surface area contributed by atoms with Crippen molar-refractivity contribution in [1.29, 1.82) is 0 Å². The fourth-order valence-electron chi connectivity index (χ4n) is 1.95. The van der Waals surface area contributed by atoms with Gasteiger partial charge in [0.2, 0.25) is 5.95 Å². The predicted molar refractivity (Wildman–Crippen MR) is 71.7 cm³/mol. The van der Waals surface area contributed by atoms with Crippen LogP contribution in [0.4, 0.5) is 5.95 Å². The van der Waals surface area contributed by atoms with Crippen LogP contribution in [0, 0.1) is 0 Å². The molecule has 0 saturated carbocycles. The summed E-state index contributed by atoms with van der Waals surface area (Å²) >= 11 is 0. The van der Waals surface area contributed by atoms with Crippen LogP contribution in [0.25, 0.3) is 11.0 Å². The molecule has 18 heavy (non-hydrogen) atoms. The van der Waals surface area contributed by atoms with Crippen LogP contribution in [0.15, 0.2) is 24.3 Å². The van der Waals surface area contributed by atoms with Gasteiger partial charge in [-0.3, -0.25) is 0 Å². The van der Waals surface area contributed by atoms with Crippen molar-refractivity contribution in [3.63, 3.8) is 0 Å². The third-order valence-corrected chi connectivity index (χ3v) is 2.85. The monoisotopic (exact) mass is 249 g/mol. The van der Waals surface area contributed by atoms with E-state index in [4.69, 9.17) is 9.47 Å². The van der Waals surface area contributed by atoms with Gasteiger partial charge in [0.05, 0.1) is 17.6 Å². The highest BCUT2D eigenvalue weighted by molar-refractivity contribution is 5.78. The topological polar surface area (TPSA) is 48.3 Å². The standard InChI is InChI=1S/C13H19N3O2/c1-4-14-13-15-10-7-5-6-8-11(10)16(13)9-12(17-2)18-3/h5-8,12H,4,9H2,1-3H3,(H,14,15). The largest absolute Gasteiger partial charge is 0.356 e. The highest BCUT2D eigenvalue weighted by Gasteiger charge is 2.14. The molecule has 1 N–H and O–H groups in total. The molecule has 0 aliphatic rings. The van der Waals surface area contributed by atoms with Crippen LogP contribution >= 0.6 is 0 Å². The summed E-state index contributed by atoms with van der Waals surface area (Å²) in [5.74, 6) is 0.845. The number of methoxy groups -OCH3 is 2. The normalized spacial score (nSPS) is 11.3. The third-order valence-electron chi connectivity index (χ3n) is 2.85. The first-order valence-electron chi connectivity index (χ1n) is 6.04. The van der Waals surface area contributed by atoms with Crippen molar-refractivity contribution in [2.75, 3.05) is 26.1 Å². The van der Waals surface area contributed by atoms with Gasteiger partial charge in [0, 0.05) is 20.8 Å². The number of ether oxygens (including phenoxy) is 2. The van der Waals surface area contributed by atoms with Gasteiger partial charge in [-0.05, 0) is 19.1 Å². The van der Waals surface area contributed by atoms with Crippen molar-refractivity contribution in [1.82, 2.24) is 9.55 Å². The van der Waals surface area contributed by atoms with Gasteiger partial charge in [-0.2, -0.15) is 0 Å². The number of para-hydroxylation sites is 2. The molecule has 0 bridgehead atoms. The van der Waals surface area contributed by atoms with Crippen LogP contribution in [-0.4, -0.2) is 36.6 Å².